The molecule has 0 aliphatic carbocycles. The molecule has 0 fully saturated rings. The maximum Gasteiger partial charge on any atom is 0.100 e. The average molecular weight is 174 g/mol. The molecule has 0 saturated carbocycles. The SMILES string of the molecule is C#CCC(O)(CC)c1ccccc1. The summed E-state index contributed by atoms with van der Waals surface area (Å²) >= 11 is 0. The molecule has 0 bridgehead atoms. The standard InChI is InChI=1S/C12H14O/c1-3-10-12(13,4-2)11-8-6-5-7-9-11/h1,5-9,13H,4,10H2,2H3. The molecule has 1 rings (SSSR count). The predicted molar refractivity (Wildman–Crippen MR) is 54.1 cm³/mol. The summed E-state index contributed by atoms with van der Waals surface area (Å²) in [6.07, 6.45) is 6.23. The Hall–Kier alpha value is -1.26. The minimum absolute atomic E-state index is 0.369. The number of terminal acetylenes is 1. The van der Waals surface area contributed by atoms with Crippen LogP contribution in [0.4, 0.5) is 0 Å². The van der Waals surface area contributed by atoms with Gasteiger partial charge in [0.1, 0.15) is 5.60 Å². The van der Waals surface area contributed by atoms with Crippen molar-refractivity contribution in [1.82, 2.24) is 0 Å². The molecule has 1 aromatic carbocycles. The summed E-state index contributed by atoms with van der Waals surface area (Å²) in [6, 6.07) is 9.55. The number of rotatable bonds is 3. The first-order valence-corrected chi connectivity index (χ1v) is 4.44. The van der Waals surface area contributed by atoms with Crippen LogP contribution in [0.25, 0.3) is 0 Å². The number of benzene rings is 1. The first-order chi connectivity index (χ1) is 6.23. The van der Waals surface area contributed by atoms with E-state index in [2.05, 4.69) is 5.92 Å². The zero-order valence-electron chi connectivity index (χ0n) is 7.83. The second-order valence-electron chi connectivity index (χ2n) is 3.13. The van der Waals surface area contributed by atoms with Crippen LogP contribution in [-0.4, -0.2) is 5.11 Å². The third kappa shape index (κ3) is 2.11. The van der Waals surface area contributed by atoms with Crippen LogP contribution in [0.1, 0.15) is 25.3 Å². The molecule has 0 aromatic heterocycles. The van der Waals surface area contributed by atoms with Crippen LogP contribution >= 0.6 is 0 Å². The zero-order valence-corrected chi connectivity index (χ0v) is 7.83. The Bertz CT molecular complexity index is 297. The molecule has 0 aliphatic heterocycles. The Morgan fingerprint density at radius 2 is 2.00 bits per heavy atom. The third-order valence-electron chi connectivity index (χ3n) is 2.29. The summed E-state index contributed by atoms with van der Waals surface area (Å²) in [5, 5.41) is 10.1. The largest absolute Gasteiger partial charge is 0.384 e. The quantitative estimate of drug-likeness (QED) is 0.697. The van der Waals surface area contributed by atoms with E-state index >= 15 is 0 Å². The monoisotopic (exact) mass is 174 g/mol. The van der Waals surface area contributed by atoms with Gasteiger partial charge in [0.05, 0.1) is 0 Å². The molecule has 68 valence electrons. The molecule has 1 heteroatoms. The first kappa shape index (κ1) is 9.83. The second-order valence-corrected chi connectivity index (χ2v) is 3.13. The van der Waals surface area contributed by atoms with Gasteiger partial charge in [-0.2, -0.15) is 0 Å². The Balaban J connectivity index is 2.97. The minimum atomic E-state index is -0.851. The third-order valence-corrected chi connectivity index (χ3v) is 2.29. The second kappa shape index (κ2) is 4.11. The van der Waals surface area contributed by atoms with Crippen molar-refractivity contribution in [3.05, 3.63) is 35.9 Å². The summed E-state index contributed by atoms with van der Waals surface area (Å²) in [7, 11) is 0. The highest BCUT2D eigenvalue weighted by atomic mass is 16.3. The van der Waals surface area contributed by atoms with Gasteiger partial charge >= 0.3 is 0 Å². The van der Waals surface area contributed by atoms with Gasteiger partial charge in [-0.1, -0.05) is 37.3 Å². The van der Waals surface area contributed by atoms with Gasteiger partial charge in [-0.15, -0.1) is 12.3 Å². The zero-order chi connectivity index (χ0) is 9.73. The van der Waals surface area contributed by atoms with E-state index in [1.165, 1.54) is 0 Å². The number of aliphatic hydroxyl groups is 1. The fourth-order valence-corrected chi connectivity index (χ4v) is 1.35. The van der Waals surface area contributed by atoms with Crippen molar-refractivity contribution in [1.29, 1.82) is 0 Å². The van der Waals surface area contributed by atoms with E-state index in [0.717, 1.165) is 5.56 Å². The van der Waals surface area contributed by atoms with Crippen molar-refractivity contribution in [2.75, 3.05) is 0 Å². The van der Waals surface area contributed by atoms with Gasteiger partial charge < -0.3 is 5.11 Å². The summed E-state index contributed by atoms with van der Waals surface area (Å²) in [6.45, 7) is 1.93. The maximum atomic E-state index is 10.1. The van der Waals surface area contributed by atoms with E-state index in [0.29, 0.717) is 12.8 Å². The fourth-order valence-electron chi connectivity index (χ4n) is 1.35. The highest BCUT2D eigenvalue weighted by Crippen LogP contribution is 2.27. The summed E-state index contributed by atoms with van der Waals surface area (Å²) in [4.78, 5) is 0. The molecule has 0 radical (unpaired) electrons. The van der Waals surface area contributed by atoms with Crippen LogP contribution in [0.2, 0.25) is 0 Å². The van der Waals surface area contributed by atoms with Crippen LogP contribution < -0.4 is 0 Å². The molecule has 0 saturated heterocycles. The molecular weight excluding hydrogens is 160 g/mol. The van der Waals surface area contributed by atoms with Crippen molar-refractivity contribution in [2.45, 2.75) is 25.4 Å². The molecule has 1 atom stereocenters. The van der Waals surface area contributed by atoms with E-state index in [1.807, 2.05) is 37.3 Å². The van der Waals surface area contributed by atoms with Crippen molar-refractivity contribution in [3.63, 3.8) is 0 Å². The number of hydrogen-bond donors (Lipinski definition) is 1. The van der Waals surface area contributed by atoms with Crippen LogP contribution in [0, 0.1) is 12.3 Å². The van der Waals surface area contributed by atoms with Crippen LogP contribution in [0.3, 0.4) is 0 Å². The molecule has 1 unspecified atom stereocenters. The van der Waals surface area contributed by atoms with Gasteiger partial charge in [0.2, 0.25) is 0 Å². The molecule has 0 aliphatic rings. The van der Waals surface area contributed by atoms with Crippen molar-refractivity contribution < 1.29 is 5.11 Å². The lowest BCUT2D eigenvalue weighted by atomic mass is 9.88. The van der Waals surface area contributed by atoms with Crippen molar-refractivity contribution in [2.24, 2.45) is 0 Å². The van der Waals surface area contributed by atoms with E-state index in [4.69, 9.17) is 6.42 Å². The minimum Gasteiger partial charge on any atom is -0.384 e. The lowest BCUT2D eigenvalue weighted by Crippen LogP contribution is -2.23. The van der Waals surface area contributed by atoms with Crippen LogP contribution in [0.5, 0.6) is 0 Å². The molecule has 1 N–H and O–H groups in total. The van der Waals surface area contributed by atoms with Crippen LogP contribution in [0.15, 0.2) is 30.3 Å². The van der Waals surface area contributed by atoms with Gasteiger partial charge in [-0.3, -0.25) is 0 Å². The summed E-state index contributed by atoms with van der Waals surface area (Å²) in [5.74, 6) is 2.51. The first-order valence-electron chi connectivity index (χ1n) is 4.44. The van der Waals surface area contributed by atoms with Gasteiger partial charge in [0.15, 0.2) is 0 Å². The molecule has 1 aromatic rings. The smallest absolute Gasteiger partial charge is 0.100 e. The van der Waals surface area contributed by atoms with E-state index in [1.54, 1.807) is 0 Å². The molecule has 1 nitrogen and oxygen atoms in total. The molecular formula is C12H14O. The van der Waals surface area contributed by atoms with Gasteiger partial charge in [-0.25, -0.2) is 0 Å². The van der Waals surface area contributed by atoms with E-state index in [9.17, 15) is 5.11 Å². The topological polar surface area (TPSA) is 20.2 Å². The Kier molecular flexibility index (Phi) is 3.11. The van der Waals surface area contributed by atoms with Crippen molar-refractivity contribution >= 4 is 0 Å². The number of hydrogen-bond acceptors (Lipinski definition) is 1. The molecule has 13 heavy (non-hydrogen) atoms. The van der Waals surface area contributed by atoms with E-state index in [-0.39, 0.29) is 0 Å². The van der Waals surface area contributed by atoms with Crippen molar-refractivity contribution in [3.8, 4) is 12.3 Å². The lowest BCUT2D eigenvalue weighted by Gasteiger charge is -2.24. The van der Waals surface area contributed by atoms with Gasteiger partial charge in [0, 0.05) is 6.42 Å². The average Bonchev–Trinajstić information content (AvgIpc) is 2.19. The highest BCUT2D eigenvalue weighted by Gasteiger charge is 2.25. The maximum absolute atomic E-state index is 10.1. The summed E-state index contributed by atoms with van der Waals surface area (Å²) < 4.78 is 0. The molecule has 0 amide bonds. The summed E-state index contributed by atoms with van der Waals surface area (Å²) in [5.41, 5.74) is 0.0474. The van der Waals surface area contributed by atoms with Gasteiger partial charge in [0.25, 0.3) is 0 Å². The molecule has 0 heterocycles. The van der Waals surface area contributed by atoms with Gasteiger partial charge in [-0.05, 0) is 12.0 Å². The Morgan fingerprint density at radius 3 is 2.46 bits per heavy atom. The Morgan fingerprint density at radius 1 is 1.38 bits per heavy atom. The van der Waals surface area contributed by atoms with Crippen LogP contribution in [-0.2, 0) is 5.60 Å². The highest BCUT2D eigenvalue weighted by molar-refractivity contribution is 5.23. The fraction of sp³-hybridized carbons (Fsp3) is 0.333. The predicted octanol–water partition coefficient (Wildman–Crippen LogP) is 2.31. The Labute approximate surface area is 79.4 Å². The lowest BCUT2D eigenvalue weighted by molar-refractivity contribution is 0.0378. The van der Waals surface area contributed by atoms with E-state index < -0.39 is 5.60 Å². The molecule has 0 spiro atoms. The normalized spacial score (nSPS) is 14.5.